The summed E-state index contributed by atoms with van der Waals surface area (Å²) in [5, 5.41) is 0. The van der Waals surface area contributed by atoms with E-state index < -0.39 is 0 Å². The Morgan fingerprint density at radius 1 is 2.00 bits per heavy atom. The van der Waals surface area contributed by atoms with Crippen molar-refractivity contribution in [2.45, 2.75) is 13.2 Å². The maximum absolute atomic E-state index is 4.93. The van der Waals surface area contributed by atoms with Crippen molar-refractivity contribution in [3.8, 4) is 0 Å². The van der Waals surface area contributed by atoms with Crippen LogP contribution in [0.2, 0.25) is 0 Å². The first kappa shape index (κ1) is 4.09. The fourth-order valence-electron chi connectivity index (χ4n) is 0.321. The molecule has 1 rings (SSSR count). The molecule has 1 aliphatic rings. The Labute approximate surface area is 37.1 Å². The van der Waals surface area contributed by atoms with Crippen molar-refractivity contribution in [1.29, 1.82) is 0 Å². The summed E-state index contributed by atoms with van der Waals surface area (Å²) in [5.74, 6) is 0. The summed E-state index contributed by atoms with van der Waals surface area (Å²) in [6, 6.07) is 0. The maximum Gasteiger partial charge on any atom is 0.181 e. The Morgan fingerprint density at radius 3 is 2.83 bits per heavy atom. The molecule has 0 aliphatic carbocycles. The van der Waals surface area contributed by atoms with E-state index >= 15 is 0 Å². The van der Waals surface area contributed by atoms with E-state index in [0.717, 1.165) is 13.2 Å². The summed E-state index contributed by atoms with van der Waals surface area (Å²) in [4.78, 5) is 0. The molecule has 0 saturated carbocycles. The normalized spacial score (nSPS) is 30.5. The molecule has 1 saturated heterocycles. The van der Waals surface area contributed by atoms with Gasteiger partial charge >= 0.3 is 0 Å². The smallest absolute Gasteiger partial charge is 0.181 e. The molecule has 0 radical (unpaired) electrons. The average molecular weight is 88.1 g/mol. The molecule has 1 atom stereocenters. The van der Waals surface area contributed by atoms with Crippen molar-refractivity contribution in [3.63, 3.8) is 0 Å². The van der Waals surface area contributed by atoms with Gasteiger partial charge in [-0.25, -0.2) is 0 Å². The molecule has 0 spiro atoms. The van der Waals surface area contributed by atoms with E-state index in [1.54, 1.807) is 0 Å². The molecular weight excluding hydrogens is 80.0 g/mol. The zero-order chi connectivity index (χ0) is 4.41. The fraction of sp³-hybridized carbons (Fsp3) is 1.00. The lowest BCUT2D eigenvalue weighted by Gasteiger charge is -1.86. The third-order valence-corrected chi connectivity index (χ3v) is 0.655. The predicted octanol–water partition coefficient (Wildman–Crippen LogP) is 0.379. The van der Waals surface area contributed by atoms with Crippen LogP contribution >= 0.6 is 0 Å². The van der Waals surface area contributed by atoms with E-state index in [1.807, 2.05) is 6.92 Å². The molecule has 1 unspecified atom stereocenters. The molecule has 0 aromatic carbocycles. The Morgan fingerprint density at radius 2 is 2.67 bits per heavy atom. The van der Waals surface area contributed by atoms with E-state index in [9.17, 15) is 0 Å². The summed E-state index contributed by atoms with van der Waals surface area (Å²) < 4.78 is 9.66. The van der Waals surface area contributed by atoms with Crippen LogP contribution in [-0.2, 0) is 9.47 Å². The number of hydrogen-bond acceptors (Lipinski definition) is 2. The van der Waals surface area contributed by atoms with Crippen LogP contribution in [0.4, 0.5) is 0 Å². The highest BCUT2D eigenvalue weighted by Crippen LogP contribution is 2.08. The lowest BCUT2D eigenvalue weighted by molar-refractivity contribution is 0.0593. The van der Waals surface area contributed by atoms with Crippen molar-refractivity contribution >= 4 is 0 Å². The van der Waals surface area contributed by atoms with E-state index in [4.69, 9.17) is 9.47 Å². The number of ether oxygens (including phenoxy) is 2. The highest BCUT2D eigenvalue weighted by atomic mass is 16.8. The van der Waals surface area contributed by atoms with Crippen molar-refractivity contribution < 1.29 is 9.47 Å². The summed E-state index contributed by atoms with van der Waals surface area (Å²) in [6.07, 6.45) is 0.148. The van der Waals surface area contributed by atoms with Crippen molar-refractivity contribution in [3.05, 3.63) is 0 Å². The molecule has 1 heterocycles. The quantitative estimate of drug-likeness (QED) is 0.455. The van der Waals surface area contributed by atoms with Gasteiger partial charge in [0.2, 0.25) is 0 Å². The molecule has 0 bridgehead atoms. The van der Waals surface area contributed by atoms with Gasteiger partial charge in [0.15, 0.2) is 6.29 Å². The van der Waals surface area contributed by atoms with Gasteiger partial charge in [-0.1, -0.05) is 0 Å². The van der Waals surface area contributed by atoms with Gasteiger partial charge < -0.3 is 9.47 Å². The molecule has 2 nitrogen and oxygen atoms in total. The Kier molecular flexibility index (Phi) is 1.08. The second-order valence-corrected chi connectivity index (χ2v) is 1.22. The highest BCUT2D eigenvalue weighted by Gasteiger charge is 2.21. The van der Waals surface area contributed by atoms with Crippen LogP contribution in [0.3, 0.4) is 0 Å². The topological polar surface area (TPSA) is 21.8 Å². The van der Waals surface area contributed by atoms with E-state index in [2.05, 4.69) is 0 Å². The fourth-order valence-corrected chi connectivity index (χ4v) is 0.321. The minimum absolute atomic E-state index is 0.148. The van der Waals surface area contributed by atoms with Crippen molar-refractivity contribution in [2.24, 2.45) is 0 Å². The second kappa shape index (κ2) is 1.58. The molecule has 1 aliphatic heterocycles. The first-order chi connectivity index (χ1) is 2.93. The molecule has 6 heavy (non-hydrogen) atoms. The van der Waals surface area contributed by atoms with Gasteiger partial charge in [0.1, 0.15) is 6.61 Å². The maximum atomic E-state index is 4.93. The second-order valence-electron chi connectivity index (χ2n) is 1.22. The largest absolute Gasteiger partial charge is 0.351 e. The highest BCUT2D eigenvalue weighted by molar-refractivity contribution is 4.53. The standard InChI is InChI=1S/C4H8O2/c1-2-5-4-3-6-4/h4H,2-3H2,1H3. The number of rotatable bonds is 2. The zero-order valence-corrected chi connectivity index (χ0v) is 3.81. The third-order valence-electron chi connectivity index (χ3n) is 0.655. The summed E-state index contributed by atoms with van der Waals surface area (Å²) in [6.45, 7) is 3.53. The molecule has 0 aromatic rings. The van der Waals surface area contributed by atoms with Gasteiger partial charge in [0.25, 0.3) is 0 Å². The van der Waals surface area contributed by atoms with E-state index in [0.29, 0.717) is 0 Å². The molecule has 0 aromatic heterocycles. The number of hydrogen-bond donors (Lipinski definition) is 0. The molecule has 0 amide bonds. The van der Waals surface area contributed by atoms with E-state index in [-0.39, 0.29) is 6.29 Å². The molecular formula is C4H8O2. The molecule has 2 heteroatoms. The first-order valence-corrected chi connectivity index (χ1v) is 2.16. The van der Waals surface area contributed by atoms with Gasteiger partial charge in [-0.2, -0.15) is 0 Å². The van der Waals surface area contributed by atoms with Crippen LogP contribution < -0.4 is 0 Å². The first-order valence-electron chi connectivity index (χ1n) is 2.16. The Bertz CT molecular complexity index is 40.8. The average Bonchev–Trinajstić information content (AvgIpc) is 2.21. The van der Waals surface area contributed by atoms with Gasteiger partial charge in [-0.3, -0.25) is 0 Å². The van der Waals surface area contributed by atoms with Gasteiger partial charge in [0.05, 0.1) is 0 Å². The Hall–Kier alpha value is -0.0800. The summed E-state index contributed by atoms with van der Waals surface area (Å²) in [5.41, 5.74) is 0. The monoisotopic (exact) mass is 88.1 g/mol. The minimum atomic E-state index is 0.148. The van der Waals surface area contributed by atoms with Crippen LogP contribution in [0, 0.1) is 0 Å². The molecule has 0 N–H and O–H groups in total. The lowest BCUT2D eigenvalue weighted by atomic mass is 10.8. The van der Waals surface area contributed by atoms with Crippen LogP contribution in [-0.4, -0.2) is 19.5 Å². The summed E-state index contributed by atoms with van der Waals surface area (Å²) in [7, 11) is 0. The zero-order valence-electron chi connectivity index (χ0n) is 3.81. The minimum Gasteiger partial charge on any atom is -0.351 e. The van der Waals surface area contributed by atoms with E-state index in [1.165, 1.54) is 0 Å². The third kappa shape index (κ3) is 0.954. The molecule has 36 valence electrons. The van der Waals surface area contributed by atoms with Crippen LogP contribution in [0.5, 0.6) is 0 Å². The predicted molar refractivity (Wildman–Crippen MR) is 21.4 cm³/mol. The van der Waals surface area contributed by atoms with Crippen LogP contribution in [0.25, 0.3) is 0 Å². The van der Waals surface area contributed by atoms with Crippen LogP contribution in [0.15, 0.2) is 0 Å². The number of epoxide rings is 1. The van der Waals surface area contributed by atoms with Gasteiger partial charge in [-0.05, 0) is 6.92 Å². The Balaban J connectivity index is 1.88. The van der Waals surface area contributed by atoms with Gasteiger partial charge in [-0.15, -0.1) is 0 Å². The van der Waals surface area contributed by atoms with Crippen molar-refractivity contribution in [1.82, 2.24) is 0 Å². The molecule has 1 fully saturated rings. The SMILES string of the molecule is CCOC1CO1. The summed E-state index contributed by atoms with van der Waals surface area (Å²) >= 11 is 0. The lowest BCUT2D eigenvalue weighted by Crippen LogP contribution is -1.91. The van der Waals surface area contributed by atoms with Gasteiger partial charge in [0, 0.05) is 6.61 Å². The van der Waals surface area contributed by atoms with Crippen molar-refractivity contribution in [2.75, 3.05) is 13.2 Å². The van der Waals surface area contributed by atoms with Crippen LogP contribution in [0.1, 0.15) is 6.92 Å².